The van der Waals surface area contributed by atoms with Crippen LogP contribution in [0.4, 0.5) is 0 Å². The van der Waals surface area contributed by atoms with E-state index < -0.39 is 5.97 Å². The van der Waals surface area contributed by atoms with E-state index in [0.717, 1.165) is 31.6 Å². The number of hydrogen-bond donors (Lipinski definition) is 0. The van der Waals surface area contributed by atoms with Crippen molar-refractivity contribution in [2.24, 2.45) is 0 Å². The van der Waals surface area contributed by atoms with Crippen molar-refractivity contribution in [1.82, 2.24) is 9.80 Å². The Hall–Kier alpha value is -2.63. The van der Waals surface area contributed by atoms with E-state index in [9.17, 15) is 4.79 Å². The third-order valence-electron chi connectivity index (χ3n) is 5.76. The lowest BCUT2D eigenvalue weighted by Gasteiger charge is -2.44. The fraction of sp³-hybridized carbons (Fsp3) is 0.375. The molecule has 2 heterocycles. The number of hydrogen-bond acceptors (Lipinski definition) is 5. The first-order chi connectivity index (χ1) is 14.0. The van der Waals surface area contributed by atoms with Crippen LogP contribution in [0.3, 0.4) is 0 Å². The Morgan fingerprint density at radius 1 is 1.00 bits per heavy atom. The Bertz CT molecular complexity index is 970. The van der Waals surface area contributed by atoms with Crippen LogP contribution in [-0.4, -0.2) is 48.1 Å². The van der Waals surface area contributed by atoms with Crippen molar-refractivity contribution >= 4 is 16.9 Å². The van der Waals surface area contributed by atoms with Crippen molar-refractivity contribution in [3.05, 3.63) is 71.5 Å². The Morgan fingerprint density at radius 2 is 1.72 bits per heavy atom. The maximum atomic E-state index is 11.7. The summed E-state index contributed by atoms with van der Waals surface area (Å²) in [6, 6.07) is 19.6. The molecule has 4 rings (SSSR count). The zero-order valence-electron chi connectivity index (χ0n) is 17.3. The predicted octanol–water partition coefficient (Wildman–Crippen LogP) is 4.31. The Kier molecular flexibility index (Phi) is 5.69. The summed E-state index contributed by atoms with van der Waals surface area (Å²) < 4.78 is 10.3. The molecule has 29 heavy (non-hydrogen) atoms. The Morgan fingerprint density at radius 3 is 2.41 bits per heavy atom. The number of methoxy groups -OCH3 is 1. The number of piperazine rings is 1. The SMILES string of the molecule is COC(=O)c1cc2cc(CN3C[C@@H](C)N(Cc4ccccc4)[C@@H](C)C3)ccc2o1. The highest BCUT2D eigenvalue weighted by atomic mass is 16.5. The molecule has 0 unspecified atom stereocenters. The van der Waals surface area contributed by atoms with Gasteiger partial charge in [-0.2, -0.15) is 0 Å². The third-order valence-corrected chi connectivity index (χ3v) is 5.76. The van der Waals surface area contributed by atoms with Crippen molar-refractivity contribution < 1.29 is 13.9 Å². The van der Waals surface area contributed by atoms with Gasteiger partial charge in [0.15, 0.2) is 0 Å². The van der Waals surface area contributed by atoms with Gasteiger partial charge in [-0.05, 0) is 43.2 Å². The Balaban J connectivity index is 1.43. The number of furan rings is 1. The summed E-state index contributed by atoms with van der Waals surface area (Å²) in [4.78, 5) is 16.8. The highest BCUT2D eigenvalue weighted by Gasteiger charge is 2.29. The molecule has 1 aliphatic heterocycles. The number of carbonyl (C=O) groups excluding carboxylic acids is 1. The molecule has 5 nitrogen and oxygen atoms in total. The minimum Gasteiger partial charge on any atom is -0.463 e. The fourth-order valence-corrected chi connectivity index (χ4v) is 4.35. The normalized spacial score (nSPS) is 20.8. The first-order valence-corrected chi connectivity index (χ1v) is 10.2. The number of esters is 1. The minimum absolute atomic E-state index is 0.247. The van der Waals surface area contributed by atoms with E-state index in [4.69, 9.17) is 9.15 Å². The maximum absolute atomic E-state index is 11.7. The summed E-state index contributed by atoms with van der Waals surface area (Å²) in [5.41, 5.74) is 3.31. The van der Waals surface area contributed by atoms with Gasteiger partial charge in [-0.3, -0.25) is 9.80 Å². The standard InChI is InChI=1S/C24H28N2O3/c1-17-13-25(14-18(2)26(17)16-19-7-5-4-6-8-19)15-20-9-10-22-21(11-20)12-23(29-22)24(27)28-3/h4-12,17-18H,13-16H2,1-3H3/t17-,18+. The summed E-state index contributed by atoms with van der Waals surface area (Å²) in [5, 5.41) is 0.937. The van der Waals surface area contributed by atoms with E-state index in [1.807, 2.05) is 6.07 Å². The highest BCUT2D eigenvalue weighted by Crippen LogP contribution is 2.24. The minimum atomic E-state index is -0.445. The van der Waals surface area contributed by atoms with Crippen LogP contribution in [-0.2, 0) is 17.8 Å². The number of nitrogens with zero attached hydrogens (tertiary/aromatic N) is 2. The van der Waals surface area contributed by atoms with Crippen molar-refractivity contribution in [3.63, 3.8) is 0 Å². The topological polar surface area (TPSA) is 45.9 Å². The van der Waals surface area contributed by atoms with Gasteiger partial charge < -0.3 is 9.15 Å². The van der Waals surface area contributed by atoms with Crippen LogP contribution < -0.4 is 0 Å². The lowest BCUT2D eigenvalue weighted by atomic mass is 10.0. The number of ether oxygens (including phenoxy) is 1. The quantitative estimate of drug-likeness (QED) is 0.606. The molecule has 2 aromatic carbocycles. The number of fused-ring (bicyclic) bond motifs is 1. The molecule has 0 amide bonds. The van der Waals surface area contributed by atoms with Crippen molar-refractivity contribution in [3.8, 4) is 0 Å². The molecule has 1 aromatic heterocycles. The number of rotatable bonds is 5. The molecule has 2 atom stereocenters. The van der Waals surface area contributed by atoms with Gasteiger partial charge in [-0.15, -0.1) is 0 Å². The van der Waals surface area contributed by atoms with Gasteiger partial charge in [0.05, 0.1) is 7.11 Å². The van der Waals surface area contributed by atoms with Crippen LogP contribution in [0.5, 0.6) is 0 Å². The second-order valence-corrected chi connectivity index (χ2v) is 8.02. The van der Waals surface area contributed by atoms with Crippen LogP contribution in [0.2, 0.25) is 0 Å². The fourth-order valence-electron chi connectivity index (χ4n) is 4.35. The van der Waals surface area contributed by atoms with E-state index in [1.54, 1.807) is 6.07 Å². The van der Waals surface area contributed by atoms with E-state index in [0.29, 0.717) is 17.7 Å². The number of benzene rings is 2. The first kappa shape index (κ1) is 19.7. The molecule has 0 aliphatic carbocycles. The lowest BCUT2D eigenvalue weighted by molar-refractivity contribution is 0.0290. The summed E-state index contributed by atoms with van der Waals surface area (Å²) in [5.74, 6) is -0.198. The summed E-state index contributed by atoms with van der Waals surface area (Å²) >= 11 is 0. The average Bonchev–Trinajstić information content (AvgIpc) is 3.14. The molecule has 0 radical (unpaired) electrons. The molecule has 152 valence electrons. The monoisotopic (exact) mass is 392 g/mol. The average molecular weight is 392 g/mol. The largest absolute Gasteiger partial charge is 0.463 e. The van der Waals surface area contributed by atoms with Gasteiger partial charge in [0, 0.05) is 43.6 Å². The first-order valence-electron chi connectivity index (χ1n) is 10.2. The van der Waals surface area contributed by atoms with Gasteiger partial charge in [0.2, 0.25) is 5.76 Å². The lowest BCUT2D eigenvalue weighted by Crippen LogP contribution is -2.55. The molecule has 0 N–H and O–H groups in total. The van der Waals surface area contributed by atoms with E-state index in [2.05, 4.69) is 66.1 Å². The molecule has 5 heteroatoms. The summed E-state index contributed by atoms with van der Waals surface area (Å²) in [6.07, 6.45) is 0. The Labute approximate surface area is 171 Å². The van der Waals surface area contributed by atoms with Gasteiger partial charge in [0.25, 0.3) is 0 Å². The molecule has 1 aliphatic rings. The van der Waals surface area contributed by atoms with Crippen molar-refractivity contribution in [2.45, 2.75) is 39.0 Å². The van der Waals surface area contributed by atoms with Crippen LogP contribution in [0.1, 0.15) is 35.5 Å². The predicted molar refractivity (Wildman–Crippen MR) is 114 cm³/mol. The van der Waals surface area contributed by atoms with E-state index in [1.165, 1.54) is 18.2 Å². The van der Waals surface area contributed by atoms with E-state index >= 15 is 0 Å². The maximum Gasteiger partial charge on any atom is 0.373 e. The smallest absolute Gasteiger partial charge is 0.373 e. The van der Waals surface area contributed by atoms with Gasteiger partial charge in [-0.1, -0.05) is 36.4 Å². The van der Waals surface area contributed by atoms with Crippen molar-refractivity contribution in [2.75, 3.05) is 20.2 Å². The molecule has 1 saturated heterocycles. The van der Waals surface area contributed by atoms with Crippen LogP contribution >= 0.6 is 0 Å². The van der Waals surface area contributed by atoms with Crippen molar-refractivity contribution in [1.29, 1.82) is 0 Å². The molecule has 1 fully saturated rings. The molecule has 0 spiro atoms. The summed E-state index contributed by atoms with van der Waals surface area (Å²) in [7, 11) is 1.36. The van der Waals surface area contributed by atoms with Gasteiger partial charge in [-0.25, -0.2) is 4.79 Å². The van der Waals surface area contributed by atoms with Gasteiger partial charge >= 0.3 is 5.97 Å². The molecular formula is C24H28N2O3. The van der Waals surface area contributed by atoms with Crippen LogP contribution in [0.25, 0.3) is 11.0 Å². The number of carbonyl (C=O) groups is 1. The summed E-state index contributed by atoms with van der Waals surface area (Å²) in [6.45, 7) is 8.58. The van der Waals surface area contributed by atoms with Crippen LogP contribution in [0.15, 0.2) is 59.0 Å². The van der Waals surface area contributed by atoms with Gasteiger partial charge in [0.1, 0.15) is 5.58 Å². The molecule has 0 saturated carbocycles. The molecule has 0 bridgehead atoms. The zero-order valence-corrected chi connectivity index (χ0v) is 17.3. The molecular weight excluding hydrogens is 364 g/mol. The molecule has 3 aromatic rings. The van der Waals surface area contributed by atoms with Crippen LogP contribution in [0, 0.1) is 0 Å². The second-order valence-electron chi connectivity index (χ2n) is 8.02. The third kappa shape index (κ3) is 4.36. The highest BCUT2D eigenvalue weighted by molar-refractivity contribution is 5.92. The zero-order chi connectivity index (χ0) is 20.4. The van der Waals surface area contributed by atoms with E-state index in [-0.39, 0.29) is 5.76 Å². The second kappa shape index (κ2) is 8.39.